The van der Waals surface area contributed by atoms with Crippen LogP contribution in [0.4, 0.5) is 10.5 Å². The van der Waals surface area contributed by atoms with Crippen LogP contribution in [0.3, 0.4) is 0 Å². The van der Waals surface area contributed by atoms with Crippen molar-refractivity contribution in [3.8, 4) is 11.5 Å². The predicted octanol–water partition coefficient (Wildman–Crippen LogP) is 3.80. The molecule has 29 heavy (non-hydrogen) atoms. The molecule has 4 amide bonds. The third kappa shape index (κ3) is 4.25. The highest BCUT2D eigenvalue weighted by atomic mass is 35.5. The van der Waals surface area contributed by atoms with Gasteiger partial charge in [-0.3, -0.25) is 14.9 Å². The Morgan fingerprint density at radius 1 is 1.03 bits per heavy atom. The lowest BCUT2D eigenvalue weighted by Gasteiger charge is -2.26. The van der Waals surface area contributed by atoms with Crippen molar-refractivity contribution in [3.63, 3.8) is 0 Å². The first-order valence-electron chi connectivity index (χ1n) is 9.01. The van der Waals surface area contributed by atoms with Gasteiger partial charge in [0.15, 0.2) is 11.5 Å². The quantitative estimate of drug-likeness (QED) is 0.574. The Morgan fingerprint density at radius 2 is 1.72 bits per heavy atom. The highest BCUT2D eigenvalue weighted by molar-refractivity contribution is 6.39. The van der Waals surface area contributed by atoms with Gasteiger partial charge in [-0.05, 0) is 49.8 Å². The summed E-state index contributed by atoms with van der Waals surface area (Å²) in [5, 5.41) is 2.47. The van der Waals surface area contributed by atoms with Crippen LogP contribution in [0.2, 0.25) is 5.02 Å². The van der Waals surface area contributed by atoms with Crippen LogP contribution >= 0.6 is 11.6 Å². The number of nitrogens with one attached hydrogen (secondary N) is 1. The van der Waals surface area contributed by atoms with Crippen LogP contribution in [-0.2, 0) is 9.59 Å². The molecule has 0 aliphatic carbocycles. The van der Waals surface area contributed by atoms with Crippen LogP contribution < -0.4 is 19.7 Å². The monoisotopic (exact) mass is 414 g/mol. The van der Waals surface area contributed by atoms with E-state index in [1.807, 2.05) is 13.8 Å². The van der Waals surface area contributed by atoms with Crippen LogP contribution in [0.1, 0.15) is 19.4 Å². The van der Waals surface area contributed by atoms with Crippen molar-refractivity contribution in [2.75, 3.05) is 18.1 Å². The number of benzene rings is 2. The second-order valence-corrected chi connectivity index (χ2v) is 6.40. The fourth-order valence-corrected chi connectivity index (χ4v) is 3.13. The number of carbonyl (C=O) groups excluding carboxylic acids is 3. The van der Waals surface area contributed by atoms with Gasteiger partial charge in [-0.1, -0.05) is 29.8 Å². The minimum atomic E-state index is -0.803. The zero-order chi connectivity index (χ0) is 21.0. The Balaban J connectivity index is 2.03. The fraction of sp³-hybridized carbons (Fsp3) is 0.190. The van der Waals surface area contributed by atoms with E-state index >= 15 is 0 Å². The lowest BCUT2D eigenvalue weighted by atomic mass is 10.1. The number of rotatable bonds is 6. The Bertz CT molecular complexity index is 988. The van der Waals surface area contributed by atoms with Crippen LogP contribution in [0.5, 0.6) is 11.5 Å². The fourth-order valence-electron chi connectivity index (χ4n) is 2.85. The molecular weight excluding hydrogens is 396 g/mol. The Labute approximate surface area is 172 Å². The molecule has 2 aromatic rings. The summed E-state index contributed by atoms with van der Waals surface area (Å²) < 4.78 is 11.1. The summed E-state index contributed by atoms with van der Waals surface area (Å²) in [5.41, 5.74) is 0.618. The van der Waals surface area contributed by atoms with E-state index in [-0.39, 0.29) is 10.6 Å². The highest BCUT2D eigenvalue weighted by Gasteiger charge is 2.36. The molecule has 0 unspecified atom stereocenters. The van der Waals surface area contributed by atoms with Gasteiger partial charge in [0.1, 0.15) is 5.57 Å². The molecule has 8 heteroatoms. The number of ether oxygens (including phenoxy) is 2. The average molecular weight is 415 g/mol. The topological polar surface area (TPSA) is 84.9 Å². The normalized spacial score (nSPS) is 15.5. The summed E-state index contributed by atoms with van der Waals surface area (Å²) >= 11 is 6.30. The number of carbonyl (C=O) groups is 3. The molecule has 150 valence electrons. The Morgan fingerprint density at radius 3 is 2.38 bits per heavy atom. The van der Waals surface area contributed by atoms with Crippen molar-refractivity contribution >= 4 is 41.2 Å². The molecule has 0 aromatic heterocycles. The van der Waals surface area contributed by atoms with Gasteiger partial charge in [0.05, 0.1) is 23.9 Å². The molecule has 2 aromatic carbocycles. The van der Waals surface area contributed by atoms with Gasteiger partial charge in [-0.2, -0.15) is 0 Å². The summed E-state index contributed by atoms with van der Waals surface area (Å²) in [5.74, 6) is -0.727. The van der Waals surface area contributed by atoms with Gasteiger partial charge in [-0.15, -0.1) is 0 Å². The minimum absolute atomic E-state index is 0.198. The predicted molar refractivity (Wildman–Crippen MR) is 109 cm³/mol. The highest BCUT2D eigenvalue weighted by Crippen LogP contribution is 2.37. The van der Waals surface area contributed by atoms with E-state index in [9.17, 15) is 14.4 Å². The number of halogens is 1. The molecule has 1 saturated heterocycles. The lowest BCUT2D eigenvalue weighted by molar-refractivity contribution is -0.122. The summed E-state index contributed by atoms with van der Waals surface area (Å²) in [4.78, 5) is 38.3. The molecule has 1 aliphatic heterocycles. The number of anilines is 1. The SMILES string of the molecule is CCOc1cc(/C=C2\C(=O)NC(=O)N(c3ccccc3)C2=O)cc(Cl)c1OCC. The summed E-state index contributed by atoms with van der Waals surface area (Å²) in [6.07, 6.45) is 1.37. The van der Waals surface area contributed by atoms with Crippen molar-refractivity contribution in [2.24, 2.45) is 0 Å². The van der Waals surface area contributed by atoms with Crippen molar-refractivity contribution < 1.29 is 23.9 Å². The van der Waals surface area contributed by atoms with Crippen LogP contribution in [0.15, 0.2) is 48.0 Å². The first-order chi connectivity index (χ1) is 14.0. The second kappa shape index (κ2) is 8.79. The van der Waals surface area contributed by atoms with Crippen molar-refractivity contribution in [2.45, 2.75) is 13.8 Å². The molecule has 0 bridgehead atoms. The molecule has 1 aliphatic rings. The van der Waals surface area contributed by atoms with Crippen molar-refractivity contribution in [1.82, 2.24) is 5.32 Å². The maximum absolute atomic E-state index is 12.9. The zero-order valence-electron chi connectivity index (χ0n) is 15.9. The number of barbiturate groups is 1. The number of amides is 4. The molecule has 1 heterocycles. The van der Waals surface area contributed by atoms with Gasteiger partial charge < -0.3 is 9.47 Å². The first-order valence-corrected chi connectivity index (χ1v) is 9.39. The minimum Gasteiger partial charge on any atom is -0.490 e. The first kappa shape index (κ1) is 20.4. The molecular formula is C21H19ClN2O5. The molecule has 3 rings (SSSR count). The van der Waals surface area contributed by atoms with E-state index in [4.69, 9.17) is 21.1 Å². The smallest absolute Gasteiger partial charge is 0.335 e. The maximum atomic E-state index is 12.9. The number of nitrogens with zero attached hydrogens (tertiary/aromatic N) is 1. The van der Waals surface area contributed by atoms with E-state index in [1.165, 1.54) is 6.08 Å². The van der Waals surface area contributed by atoms with E-state index in [1.54, 1.807) is 42.5 Å². The molecule has 0 radical (unpaired) electrons. The van der Waals surface area contributed by atoms with Crippen molar-refractivity contribution in [1.29, 1.82) is 0 Å². The van der Waals surface area contributed by atoms with Crippen LogP contribution in [0.25, 0.3) is 6.08 Å². The molecule has 1 fully saturated rings. The van der Waals surface area contributed by atoms with Crippen LogP contribution in [-0.4, -0.2) is 31.1 Å². The average Bonchev–Trinajstić information content (AvgIpc) is 2.69. The summed E-state index contributed by atoms with van der Waals surface area (Å²) in [6, 6.07) is 10.7. The molecule has 0 spiro atoms. The third-order valence-corrected chi connectivity index (χ3v) is 4.33. The van der Waals surface area contributed by atoms with Crippen molar-refractivity contribution in [3.05, 3.63) is 58.6 Å². The Hall–Kier alpha value is -3.32. The number of hydrogen-bond acceptors (Lipinski definition) is 5. The standard InChI is InChI=1S/C21H19ClN2O5/c1-3-28-17-12-13(11-16(22)18(17)29-4-2)10-15-19(25)23-21(27)24(20(15)26)14-8-6-5-7-9-14/h5-12H,3-4H2,1-2H3,(H,23,25,27)/b15-10+. The number of hydrogen-bond donors (Lipinski definition) is 1. The summed E-state index contributed by atoms with van der Waals surface area (Å²) in [6.45, 7) is 4.42. The van der Waals surface area contributed by atoms with E-state index in [0.717, 1.165) is 4.90 Å². The van der Waals surface area contributed by atoms with Gasteiger partial charge >= 0.3 is 6.03 Å². The van der Waals surface area contributed by atoms with Gasteiger partial charge in [0.2, 0.25) is 0 Å². The van der Waals surface area contributed by atoms with E-state index < -0.39 is 17.8 Å². The van der Waals surface area contributed by atoms with Gasteiger partial charge in [0, 0.05) is 0 Å². The Kier molecular flexibility index (Phi) is 6.19. The zero-order valence-corrected chi connectivity index (χ0v) is 16.7. The van der Waals surface area contributed by atoms with Gasteiger partial charge in [-0.25, -0.2) is 9.69 Å². The number of urea groups is 1. The van der Waals surface area contributed by atoms with Gasteiger partial charge in [0.25, 0.3) is 11.8 Å². The molecule has 0 atom stereocenters. The number of para-hydroxylation sites is 1. The summed E-state index contributed by atoms with van der Waals surface area (Å²) in [7, 11) is 0. The number of imide groups is 2. The molecule has 7 nitrogen and oxygen atoms in total. The maximum Gasteiger partial charge on any atom is 0.335 e. The third-order valence-electron chi connectivity index (χ3n) is 4.05. The van der Waals surface area contributed by atoms with Crippen LogP contribution in [0, 0.1) is 0 Å². The second-order valence-electron chi connectivity index (χ2n) is 5.99. The largest absolute Gasteiger partial charge is 0.490 e. The van der Waals surface area contributed by atoms with E-state index in [2.05, 4.69) is 5.32 Å². The molecule has 0 saturated carbocycles. The van der Waals surface area contributed by atoms with E-state index in [0.29, 0.717) is 36.0 Å². The lowest BCUT2D eigenvalue weighted by Crippen LogP contribution is -2.54. The molecule has 1 N–H and O–H groups in total.